The molecule has 0 radical (unpaired) electrons. The standard InChI is InChI=1S/C8H8N2O3S/c11-10(12)7-3-1-2-4-8(7)14(13)9-5-6-9/h1-4H,5-6H2. The topological polar surface area (TPSA) is 63.2 Å². The normalized spacial score (nSPS) is 17.7. The Morgan fingerprint density at radius 3 is 2.57 bits per heavy atom. The lowest BCUT2D eigenvalue weighted by molar-refractivity contribution is -0.387. The smallest absolute Gasteiger partial charge is 0.258 e. The largest absolute Gasteiger partial charge is 0.286 e. The summed E-state index contributed by atoms with van der Waals surface area (Å²) in [5.74, 6) is 0. The van der Waals surface area contributed by atoms with E-state index >= 15 is 0 Å². The highest BCUT2D eigenvalue weighted by Gasteiger charge is 2.29. The van der Waals surface area contributed by atoms with E-state index in [2.05, 4.69) is 0 Å². The van der Waals surface area contributed by atoms with Crippen LogP contribution in [0.3, 0.4) is 0 Å². The molecule has 5 nitrogen and oxygen atoms in total. The van der Waals surface area contributed by atoms with Gasteiger partial charge in [0.15, 0.2) is 0 Å². The quantitative estimate of drug-likeness (QED) is 0.425. The molecule has 14 heavy (non-hydrogen) atoms. The number of para-hydroxylation sites is 1. The molecule has 1 heterocycles. The zero-order valence-corrected chi connectivity index (χ0v) is 8.07. The van der Waals surface area contributed by atoms with Gasteiger partial charge in [0.05, 0.1) is 4.92 Å². The number of hydrogen-bond acceptors (Lipinski definition) is 3. The summed E-state index contributed by atoms with van der Waals surface area (Å²) >= 11 is 0. The molecule has 0 saturated carbocycles. The van der Waals surface area contributed by atoms with E-state index in [4.69, 9.17) is 0 Å². The second-order valence-corrected chi connectivity index (χ2v) is 4.36. The molecule has 74 valence electrons. The van der Waals surface area contributed by atoms with Crippen LogP contribution in [0.25, 0.3) is 0 Å². The molecular weight excluding hydrogens is 204 g/mol. The molecular formula is C8H8N2O3S. The van der Waals surface area contributed by atoms with Gasteiger partial charge in [0.2, 0.25) is 0 Å². The molecule has 1 unspecified atom stereocenters. The monoisotopic (exact) mass is 212 g/mol. The fraction of sp³-hybridized carbons (Fsp3) is 0.250. The summed E-state index contributed by atoms with van der Waals surface area (Å²) in [5, 5.41) is 10.6. The van der Waals surface area contributed by atoms with Crippen LogP contribution < -0.4 is 0 Å². The lowest BCUT2D eigenvalue weighted by Gasteiger charge is -2.01. The molecule has 1 aromatic rings. The zero-order valence-electron chi connectivity index (χ0n) is 7.25. The van der Waals surface area contributed by atoms with Gasteiger partial charge in [-0.25, -0.2) is 8.51 Å². The van der Waals surface area contributed by atoms with Crippen molar-refractivity contribution >= 4 is 16.7 Å². The summed E-state index contributed by atoms with van der Waals surface area (Å²) in [7, 11) is -1.36. The van der Waals surface area contributed by atoms with Crippen LogP contribution in [0.4, 0.5) is 5.69 Å². The van der Waals surface area contributed by atoms with E-state index in [9.17, 15) is 14.3 Å². The fourth-order valence-corrected chi connectivity index (χ4v) is 2.31. The Morgan fingerprint density at radius 2 is 2.00 bits per heavy atom. The third-order valence-electron chi connectivity index (χ3n) is 1.89. The highest BCUT2D eigenvalue weighted by Crippen LogP contribution is 2.25. The van der Waals surface area contributed by atoms with Crippen molar-refractivity contribution in [1.82, 2.24) is 4.31 Å². The van der Waals surface area contributed by atoms with Crippen LogP contribution in [0.5, 0.6) is 0 Å². The molecule has 1 aliphatic rings. The molecule has 1 aliphatic heterocycles. The summed E-state index contributed by atoms with van der Waals surface area (Å²) in [6.45, 7) is 1.50. The van der Waals surface area contributed by atoms with Crippen LogP contribution in [0.1, 0.15) is 0 Å². The Morgan fingerprint density at radius 1 is 1.36 bits per heavy atom. The number of hydrogen-bond donors (Lipinski definition) is 0. The third kappa shape index (κ3) is 1.66. The van der Waals surface area contributed by atoms with Gasteiger partial charge in [-0.2, -0.15) is 0 Å². The van der Waals surface area contributed by atoms with Gasteiger partial charge in [-0.3, -0.25) is 10.1 Å². The maximum atomic E-state index is 11.7. The van der Waals surface area contributed by atoms with Crippen LogP contribution in [0.2, 0.25) is 0 Å². The maximum absolute atomic E-state index is 11.7. The predicted octanol–water partition coefficient (Wildman–Crippen LogP) is 0.933. The van der Waals surface area contributed by atoms with E-state index in [1.165, 1.54) is 12.1 Å². The van der Waals surface area contributed by atoms with E-state index in [1.807, 2.05) is 0 Å². The molecule has 2 rings (SSSR count). The molecule has 6 heteroatoms. The second kappa shape index (κ2) is 3.47. The first kappa shape index (κ1) is 9.29. The van der Waals surface area contributed by atoms with Gasteiger partial charge in [-0.05, 0) is 6.07 Å². The first-order chi connectivity index (χ1) is 6.70. The van der Waals surface area contributed by atoms with Crippen molar-refractivity contribution in [3.63, 3.8) is 0 Å². The lowest BCUT2D eigenvalue weighted by Crippen LogP contribution is -2.05. The Bertz CT molecular complexity index is 403. The molecule has 1 aromatic carbocycles. The van der Waals surface area contributed by atoms with Crippen LogP contribution in [-0.2, 0) is 11.0 Å². The number of nitrogens with zero attached hydrogens (tertiary/aromatic N) is 2. The van der Waals surface area contributed by atoms with E-state index in [-0.39, 0.29) is 10.6 Å². The Balaban J connectivity index is 2.40. The summed E-state index contributed by atoms with van der Waals surface area (Å²) in [6, 6.07) is 6.13. The summed E-state index contributed by atoms with van der Waals surface area (Å²) in [4.78, 5) is 10.4. The van der Waals surface area contributed by atoms with Crippen molar-refractivity contribution in [2.24, 2.45) is 0 Å². The van der Waals surface area contributed by atoms with Gasteiger partial charge in [-0.1, -0.05) is 12.1 Å². The van der Waals surface area contributed by atoms with Crippen molar-refractivity contribution in [3.8, 4) is 0 Å². The van der Waals surface area contributed by atoms with Crippen molar-refractivity contribution in [3.05, 3.63) is 34.4 Å². The molecule has 1 fully saturated rings. The average Bonchev–Trinajstić information content (AvgIpc) is 3.00. The molecule has 0 spiro atoms. The SMILES string of the molecule is O=[N+]([O-])c1ccccc1S(=O)N1CC1. The Hall–Kier alpha value is -1.27. The summed E-state index contributed by atoms with van der Waals surface area (Å²) < 4.78 is 13.3. The van der Waals surface area contributed by atoms with E-state index < -0.39 is 15.9 Å². The lowest BCUT2D eigenvalue weighted by atomic mass is 10.3. The Kier molecular flexibility index (Phi) is 2.30. The van der Waals surface area contributed by atoms with Crippen LogP contribution in [0, 0.1) is 10.1 Å². The van der Waals surface area contributed by atoms with Gasteiger partial charge < -0.3 is 0 Å². The number of benzene rings is 1. The minimum absolute atomic E-state index is 0.0715. The first-order valence-electron chi connectivity index (χ1n) is 4.10. The van der Waals surface area contributed by atoms with Crippen molar-refractivity contribution < 1.29 is 9.13 Å². The molecule has 0 aliphatic carbocycles. The third-order valence-corrected chi connectivity index (χ3v) is 3.45. The fourth-order valence-electron chi connectivity index (χ4n) is 1.10. The summed E-state index contributed by atoms with van der Waals surface area (Å²) in [5.41, 5.74) is -0.0715. The van der Waals surface area contributed by atoms with Crippen LogP contribution >= 0.6 is 0 Å². The second-order valence-electron chi connectivity index (χ2n) is 2.90. The summed E-state index contributed by atoms with van der Waals surface area (Å²) in [6.07, 6.45) is 0. The number of nitro groups is 1. The maximum Gasteiger partial charge on any atom is 0.286 e. The molecule has 0 N–H and O–H groups in total. The molecule has 0 aromatic heterocycles. The molecule has 0 bridgehead atoms. The number of nitro benzene ring substituents is 1. The number of rotatable bonds is 3. The van der Waals surface area contributed by atoms with Crippen molar-refractivity contribution in [2.45, 2.75) is 4.90 Å². The Labute approximate surface area is 83.1 Å². The van der Waals surface area contributed by atoms with Crippen LogP contribution in [-0.4, -0.2) is 26.5 Å². The van der Waals surface area contributed by atoms with Gasteiger partial charge in [0, 0.05) is 19.2 Å². The highest BCUT2D eigenvalue weighted by molar-refractivity contribution is 7.83. The molecule has 1 saturated heterocycles. The molecule has 0 amide bonds. The van der Waals surface area contributed by atoms with Gasteiger partial charge in [0.1, 0.15) is 15.9 Å². The van der Waals surface area contributed by atoms with E-state index in [0.29, 0.717) is 0 Å². The average molecular weight is 212 g/mol. The van der Waals surface area contributed by atoms with Gasteiger partial charge in [0.25, 0.3) is 5.69 Å². The minimum atomic E-state index is -1.36. The molecule has 1 atom stereocenters. The van der Waals surface area contributed by atoms with Crippen molar-refractivity contribution in [2.75, 3.05) is 13.1 Å². The van der Waals surface area contributed by atoms with Crippen LogP contribution in [0.15, 0.2) is 29.2 Å². The first-order valence-corrected chi connectivity index (χ1v) is 5.21. The highest BCUT2D eigenvalue weighted by atomic mass is 32.2. The minimum Gasteiger partial charge on any atom is -0.258 e. The predicted molar refractivity (Wildman–Crippen MR) is 51.1 cm³/mol. The van der Waals surface area contributed by atoms with E-state index in [0.717, 1.165) is 13.1 Å². The van der Waals surface area contributed by atoms with Crippen molar-refractivity contribution in [1.29, 1.82) is 0 Å². The van der Waals surface area contributed by atoms with E-state index in [1.54, 1.807) is 16.4 Å². The zero-order chi connectivity index (χ0) is 10.1. The van der Waals surface area contributed by atoms with Gasteiger partial charge >= 0.3 is 0 Å². The van der Waals surface area contributed by atoms with Gasteiger partial charge in [-0.15, -0.1) is 0 Å².